The fraction of sp³-hybridized carbons (Fsp3) is 0.200. The topological polar surface area (TPSA) is 52.4 Å². The number of aryl methyl sites for hydroxylation is 2. The third kappa shape index (κ3) is 1.76. The number of hydrogen-bond donors (Lipinski definition) is 0. The molecule has 0 spiro atoms. The predicted molar refractivity (Wildman–Crippen MR) is 56.1 cm³/mol. The van der Waals surface area contributed by atoms with Gasteiger partial charge < -0.3 is 8.98 Å². The highest BCUT2D eigenvalue weighted by Crippen LogP contribution is 1.97. The molecule has 0 amide bonds. The Bertz CT molecular complexity index is 532. The highest BCUT2D eigenvalue weighted by molar-refractivity contribution is 5.75. The molecular weight excluding hydrogens is 194 g/mol. The summed E-state index contributed by atoms with van der Waals surface area (Å²) >= 11 is 0. The molecule has 0 saturated carbocycles. The van der Waals surface area contributed by atoms with Gasteiger partial charge in [-0.15, -0.1) is 0 Å². The Labute approximate surface area is 86.3 Å². The molecule has 2 rings (SSSR count). The third-order valence-electron chi connectivity index (χ3n) is 2.04. The zero-order chi connectivity index (χ0) is 10.8. The Hall–Kier alpha value is -2.04. The van der Waals surface area contributed by atoms with Crippen LogP contribution in [0.3, 0.4) is 0 Å². The van der Waals surface area contributed by atoms with Crippen molar-refractivity contribution in [1.29, 1.82) is 0 Å². The minimum Gasteiger partial charge on any atom is -0.463 e. The van der Waals surface area contributed by atoms with E-state index in [9.17, 15) is 4.79 Å². The molecule has 0 N–H and O–H groups in total. The zero-order valence-corrected chi connectivity index (χ0v) is 8.54. The maximum atomic E-state index is 11.5. The van der Waals surface area contributed by atoms with Crippen LogP contribution in [-0.4, -0.2) is 15.5 Å². The molecule has 0 fully saturated rings. The van der Waals surface area contributed by atoms with Crippen molar-refractivity contribution in [2.75, 3.05) is 0 Å². The second-order valence-corrected chi connectivity index (χ2v) is 3.24. The maximum absolute atomic E-state index is 11.5. The lowest BCUT2D eigenvalue weighted by Gasteiger charge is -1.92. The summed E-state index contributed by atoms with van der Waals surface area (Å²) in [5, 5.41) is 4.03. The molecule has 0 unspecified atom stereocenters. The van der Waals surface area contributed by atoms with Gasteiger partial charge in [0.25, 0.3) is 0 Å². The van der Waals surface area contributed by atoms with Crippen LogP contribution in [0.15, 0.2) is 38.9 Å². The van der Waals surface area contributed by atoms with E-state index in [1.54, 1.807) is 31.6 Å². The summed E-state index contributed by atoms with van der Waals surface area (Å²) in [5.41, 5.74) is 0.612. The first kappa shape index (κ1) is 9.51. The Balaban J connectivity index is 2.36. The van der Waals surface area contributed by atoms with Crippen LogP contribution in [0.5, 0.6) is 0 Å². The van der Waals surface area contributed by atoms with Gasteiger partial charge in [-0.05, 0) is 19.1 Å². The Morgan fingerprint density at radius 2 is 2.33 bits per heavy atom. The van der Waals surface area contributed by atoms with E-state index in [0.717, 1.165) is 5.69 Å². The second-order valence-electron chi connectivity index (χ2n) is 3.24. The molecule has 0 aliphatic carbocycles. The van der Waals surface area contributed by atoms with Gasteiger partial charge in [0.1, 0.15) is 5.76 Å². The standard InChI is InChI=1S/C10H11N3O2/c1-8-7-12(2)10(14)13(8)11-6-9-4-3-5-15-9/h3-7H,1-2H3/b11-6+. The van der Waals surface area contributed by atoms with Gasteiger partial charge in [-0.1, -0.05) is 0 Å². The average Bonchev–Trinajstić information content (AvgIpc) is 2.76. The van der Waals surface area contributed by atoms with Crippen molar-refractivity contribution in [3.05, 3.63) is 46.5 Å². The first-order chi connectivity index (χ1) is 7.18. The van der Waals surface area contributed by atoms with Crippen molar-refractivity contribution in [2.45, 2.75) is 6.92 Å². The molecular formula is C10H11N3O2. The highest BCUT2D eigenvalue weighted by Gasteiger charge is 2.02. The van der Waals surface area contributed by atoms with Crippen molar-refractivity contribution in [2.24, 2.45) is 12.1 Å². The molecule has 5 nitrogen and oxygen atoms in total. The summed E-state index contributed by atoms with van der Waals surface area (Å²) in [5.74, 6) is 0.616. The molecule has 0 aliphatic heterocycles. The summed E-state index contributed by atoms with van der Waals surface area (Å²) in [6.07, 6.45) is 4.79. The summed E-state index contributed by atoms with van der Waals surface area (Å²) in [4.78, 5) is 11.5. The Kier molecular flexibility index (Phi) is 2.29. The van der Waals surface area contributed by atoms with Crippen molar-refractivity contribution < 1.29 is 4.42 Å². The Morgan fingerprint density at radius 3 is 2.87 bits per heavy atom. The van der Waals surface area contributed by atoms with E-state index >= 15 is 0 Å². The number of nitrogens with zero attached hydrogens (tertiary/aromatic N) is 3. The van der Waals surface area contributed by atoms with Gasteiger partial charge in [0, 0.05) is 13.2 Å². The fourth-order valence-corrected chi connectivity index (χ4v) is 1.31. The normalized spacial score (nSPS) is 11.3. The van der Waals surface area contributed by atoms with Crippen LogP contribution in [-0.2, 0) is 7.05 Å². The van der Waals surface area contributed by atoms with Crippen LogP contribution in [0.1, 0.15) is 11.5 Å². The van der Waals surface area contributed by atoms with Gasteiger partial charge >= 0.3 is 5.69 Å². The number of hydrogen-bond acceptors (Lipinski definition) is 3. The van der Waals surface area contributed by atoms with Crippen molar-refractivity contribution in [1.82, 2.24) is 9.24 Å². The lowest BCUT2D eigenvalue weighted by molar-refractivity contribution is 0.559. The van der Waals surface area contributed by atoms with Crippen LogP contribution in [0.25, 0.3) is 0 Å². The quantitative estimate of drug-likeness (QED) is 0.686. The van der Waals surface area contributed by atoms with Crippen LogP contribution in [0.2, 0.25) is 0 Å². The molecule has 5 heteroatoms. The lowest BCUT2D eigenvalue weighted by atomic mass is 10.5. The van der Waals surface area contributed by atoms with Crippen molar-refractivity contribution >= 4 is 6.21 Å². The minimum atomic E-state index is -0.171. The van der Waals surface area contributed by atoms with Gasteiger partial charge in [-0.3, -0.25) is 0 Å². The third-order valence-corrected chi connectivity index (χ3v) is 2.04. The molecule has 0 saturated heterocycles. The van der Waals surface area contributed by atoms with E-state index in [2.05, 4.69) is 5.10 Å². The van der Waals surface area contributed by atoms with E-state index in [-0.39, 0.29) is 5.69 Å². The molecule has 2 aromatic heterocycles. The van der Waals surface area contributed by atoms with Gasteiger partial charge in [-0.2, -0.15) is 9.78 Å². The maximum Gasteiger partial charge on any atom is 0.348 e. The van der Waals surface area contributed by atoms with E-state index in [4.69, 9.17) is 4.42 Å². The van der Waals surface area contributed by atoms with E-state index in [0.29, 0.717) is 5.76 Å². The van der Waals surface area contributed by atoms with Crippen molar-refractivity contribution in [3.8, 4) is 0 Å². The van der Waals surface area contributed by atoms with Crippen LogP contribution in [0, 0.1) is 6.92 Å². The number of rotatable bonds is 2. The number of aromatic nitrogens is 2. The number of imidazole rings is 1. The summed E-state index contributed by atoms with van der Waals surface area (Å²) in [6, 6.07) is 3.54. The van der Waals surface area contributed by atoms with Crippen LogP contribution < -0.4 is 5.69 Å². The van der Waals surface area contributed by atoms with Crippen molar-refractivity contribution in [3.63, 3.8) is 0 Å². The minimum absolute atomic E-state index is 0.171. The molecule has 2 aromatic rings. The summed E-state index contributed by atoms with van der Waals surface area (Å²) < 4.78 is 7.87. The molecule has 0 aromatic carbocycles. The Morgan fingerprint density at radius 1 is 1.53 bits per heavy atom. The van der Waals surface area contributed by atoms with Gasteiger partial charge in [-0.25, -0.2) is 4.79 Å². The molecule has 0 bridgehead atoms. The number of furan rings is 1. The SMILES string of the molecule is Cc1cn(C)c(=O)n1/N=C/c1ccco1. The molecule has 78 valence electrons. The van der Waals surface area contributed by atoms with E-state index < -0.39 is 0 Å². The largest absolute Gasteiger partial charge is 0.463 e. The predicted octanol–water partition coefficient (Wildman–Crippen LogP) is 0.970. The fourth-order valence-electron chi connectivity index (χ4n) is 1.31. The van der Waals surface area contributed by atoms with E-state index in [1.165, 1.54) is 15.5 Å². The van der Waals surface area contributed by atoms with Crippen LogP contribution >= 0.6 is 0 Å². The van der Waals surface area contributed by atoms with Gasteiger partial charge in [0.2, 0.25) is 0 Å². The molecule has 0 aliphatic rings. The van der Waals surface area contributed by atoms with Gasteiger partial charge in [0.15, 0.2) is 0 Å². The van der Waals surface area contributed by atoms with E-state index in [1.807, 2.05) is 6.92 Å². The lowest BCUT2D eigenvalue weighted by Crippen LogP contribution is -2.19. The molecule has 0 radical (unpaired) electrons. The summed E-state index contributed by atoms with van der Waals surface area (Å²) in [6.45, 7) is 1.82. The summed E-state index contributed by atoms with van der Waals surface area (Å²) in [7, 11) is 1.69. The molecule has 0 atom stereocenters. The zero-order valence-electron chi connectivity index (χ0n) is 8.54. The van der Waals surface area contributed by atoms with Crippen LogP contribution in [0.4, 0.5) is 0 Å². The molecule has 2 heterocycles. The second kappa shape index (κ2) is 3.61. The first-order valence-electron chi connectivity index (χ1n) is 4.51. The monoisotopic (exact) mass is 205 g/mol. The molecule has 15 heavy (non-hydrogen) atoms. The average molecular weight is 205 g/mol. The van der Waals surface area contributed by atoms with Gasteiger partial charge in [0.05, 0.1) is 18.2 Å². The highest BCUT2D eigenvalue weighted by atomic mass is 16.3. The smallest absolute Gasteiger partial charge is 0.348 e. The first-order valence-corrected chi connectivity index (χ1v) is 4.51.